The molecule has 2 heterocycles. The standard InChI is InChI=1S/C21H28N6O3S/c1-12-6-7-14-8-13-4-3-5-16(13)19(18(12)14)25-21(28)26-31(22,29)17-9-24-27-10-15(23-2)11-30-20(17)27/h8-9,12,15,23H,3-7,10-11H2,1-2H3,(H3,22,25,26,28,29)/t12-,15-,31?/m0/s1. The van der Waals surface area contributed by atoms with Gasteiger partial charge in [-0.25, -0.2) is 18.8 Å². The van der Waals surface area contributed by atoms with Crippen LogP contribution in [0.15, 0.2) is 21.5 Å². The summed E-state index contributed by atoms with van der Waals surface area (Å²) in [4.78, 5) is 13.0. The molecule has 0 radical (unpaired) electrons. The molecule has 5 rings (SSSR count). The lowest BCUT2D eigenvalue weighted by atomic mass is 9.95. The molecular formula is C21H28N6O3S. The minimum Gasteiger partial charge on any atom is -0.475 e. The number of nitrogens with two attached hydrogens (primary N) is 1. The Hall–Kier alpha value is -2.43. The molecular weight excluding hydrogens is 416 g/mol. The monoisotopic (exact) mass is 444 g/mol. The fraction of sp³-hybridized carbons (Fsp3) is 0.524. The number of nitrogens with one attached hydrogen (secondary N) is 2. The van der Waals surface area contributed by atoms with Crippen LogP contribution in [0.5, 0.6) is 5.88 Å². The van der Waals surface area contributed by atoms with Crippen LogP contribution in [-0.2, 0) is 35.7 Å². The highest BCUT2D eigenvalue weighted by molar-refractivity contribution is 7.91. The van der Waals surface area contributed by atoms with Crippen LogP contribution >= 0.6 is 0 Å². The molecule has 9 nitrogen and oxygen atoms in total. The third-order valence-corrected chi connectivity index (χ3v) is 7.96. The van der Waals surface area contributed by atoms with Gasteiger partial charge in [0, 0.05) is 5.69 Å². The SMILES string of the molecule is CN[C@@H]1COc2c(S(N)(=O)=NC(=O)Nc3c4c(cc5c3[C@@H](C)CC5)CCC4)cnn2C1. The molecule has 1 aromatic carbocycles. The average Bonchev–Trinajstić information content (AvgIpc) is 3.45. The number of urea groups is 1. The minimum atomic E-state index is -3.51. The van der Waals surface area contributed by atoms with E-state index in [9.17, 15) is 9.00 Å². The maximum Gasteiger partial charge on any atom is 0.354 e. The van der Waals surface area contributed by atoms with Gasteiger partial charge in [-0.3, -0.25) is 0 Å². The van der Waals surface area contributed by atoms with Gasteiger partial charge in [-0.1, -0.05) is 13.0 Å². The summed E-state index contributed by atoms with van der Waals surface area (Å²) in [5.41, 5.74) is 5.83. The number of fused-ring (bicyclic) bond motifs is 3. The Balaban J connectivity index is 1.47. The molecule has 2 aliphatic carbocycles. The quantitative estimate of drug-likeness (QED) is 0.670. The Kier molecular flexibility index (Phi) is 5.03. The number of anilines is 1. The maximum absolute atomic E-state index is 13.2. The summed E-state index contributed by atoms with van der Waals surface area (Å²) >= 11 is 0. The molecule has 4 N–H and O–H groups in total. The first-order chi connectivity index (χ1) is 14.9. The molecule has 0 fully saturated rings. The Labute approximate surface area is 182 Å². The van der Waals surface area contributed by atoms with E-state index in [1.54, 1.807) is 4.68 Å². The number of hydrogen-bond acceptors (Lipinski definition) is 5. The molecule has 3 atom stereocenters. The number of carbonyl (C=O) groups excluding carboxylic acids is 1. The number of benzene rings is 1. The van der Waals surface area contributed by atoms with Crippen molar-refractivity contribution in [1.29, 1.82) is 0 Å². The van der Waals surface area contributed by atoms with Crippen molar-refractivity contribution in [2.24, 2.45) is 9.50 Å². The molecule has 10 heteroatoms. The van der Waals surface area contributed by atoms with Crippen molar-refractivity contribution in [3.05, 3.63) is 34.5 Å². The second-order valence-corrected chi connectivity index (χ2v) is 10.4. The molecule has 1 aromatic heterocycles. The molecule has 0 saturated carbocycles. The zero-order chi connectivity index (χ0) is 21.8. The fourth-order valence-electron chi connectivity index (χ4n) is 5.00. The van der Waals surface area contributed by atoms with Crippen LogP contribution in [0.1, 0.15) is 47.9 Å². The van der Waals surface area contributed by atoms with Crippen LogP contribution in [0.25, 0.3) is 0 Å². The summed E-state index contributed by atoms with van der Waals surface area (Å²) in [6, 6.07) is 1.70. The van der Waals surface area contributed by atoms with E-state index >= 15 is 0 Å². The minimum absolute atomic E-state index is 0.0959. The normalized spacial score (nSPS) is 23.3. The van der Waals surface area contributed by atoms with E-state index in [2.05, 4.69) is 33.1 Å². The number of amides is 2. The Morgan fingerprint density at radius 2 is 2.19 bits per heavy atom. The number of aromatic nitrogens is 2. The number of rotatable bonds is 3. The first kappa shape index (κ1) is 20.5. The third-order valence-electron chi connectivity index (χ3n) is 6.61. The van der Waals surface area contributed by atoms with Crippen molar-refractivity contribution in [3.8, 4) is 5.88 Å². The van der Waals surface area contributed by atoms with E-state index in [1.165, 1.54) is 28.5 Å². The van der Waals surface area contributed by atoms with E-state index in [0.717, 1.165) is 37.8 Å². The number of nitrogens with zero attached hydrogens (tertiary/aromatic N) is 3. The lowest BCUT2D eigenvalue weighted by Gasteiger charge is -2.24. The number of hydrogen-bond donors (Lipinski definition) is 3. The highest BCUT2D eigenvalue weighted by Gasteiger charge is 2.30. The Morgan fingerprint density at radius 3 is 3.00 bits per heavy atom. The average molecular weight is 445 g/mol. The highest BCUT2D eigenvalue weighted by Crippen LogP contribution is 2.44. The second kappa shape index (κ2) is 7.61. The summed E-state index contributed by atoms with van der Waals surface area (Å²) in [7, 11) is -1.67. The van der Waals surface area contributed by atoms with Gasteiger partial charge < -0.3 is 15.4 Å². The summed E-state index contributed by atoms with van der Waals surface area (Å²) in [5, 5.41) is 16.3. The molecule has 31 heavy (non-hydrogen) atoms. The van der Waals surface area contributed by atoms with E-state index < -0.39 is 15.9 Å². The van der Waals surface area contributed by atoms with Gasteiger partial charge in [0.15, 0.2) is 9.92 Å². The van der Waals surface area contributed by atoms with Crippen molar-refractivity contribution < 1.29 is 13.7 Å². The zero-order valence-corrected chi connectivity index (χ0v) is 18.6. The smallest absolute Gasteiger partial charge is 0.354 e. The molecule has 2 aromatic rings. The maximum atomic E-state index is 13.2. The molecule has 3 aliphatic rings. The summed E-state index contributed by atoms with van der Waals surface area (Å²) in [6.07, 6.45) is 6.50. The lowest BCUT2D eigenvalue weighted by Crippen LogP contribution is -2.40. The van der Waals surface area contributed by atoms with Gasteiger partial charge in [-0.05, 0) is 67.3 Å². The molecule has 0 saturated heterocycles. The van der Waals surface area contributed by atoms with Crippen LogP contribution in [0.2, 0.25) is 0 Å². The number of ether oxygens (including phenoxy) is 1. The molecule has 1 unspecified atom stereocenters. The number of aryl methyl sites for hydroxylation is 2. The molecule has 2 amide bonds. The van der Waals surface area contributed by atoms with Crippen molar-refractivity contribution in [2.75, 3.05) is 19.0 Å². The fourth-order valence-corrected chi connectivity index (χ4v) is 6.01. The van der Waals surface area contributed by atoms with Gasteiger partial charge in [-0.2, -0.15) is 5.10 Å². The van der Waals surface area contributed by atoms with Crippen LogP contribution < -0.4 is 20.5 Å². The van der Waals surface area contributed by atoms with Gasteiger partial charge in [-0.15, -0.1) is 4.36 Å². The molecule has 1 aliphatic heterocycles. The summed E-state index contributed by atoms with van der Waals surface area (Å²) in [6.45, 7) is 3.14. The van der Waals surface area contributed by atoms with Gasteiger partial charge >= 0.3 is 6.03 Å². The second-order valence-electron chi connectivity index (χ2n) is 8.64. The Bertz CT molecular complexity index is 1180. The predicted molar refractivity (Wildman–Crippen MR) is 118 cm³/mol. The van der Waals surface area contributed by atoms with Crippen LogP contribution in [-0.4, -0.2) is 39.7 Å². The van der Waals surface area contributed by atoms with Gasteiger partial charge in [0.1, 0.15) is 11.5 Å². The van der Waals surface area contributed by atoms with Gasteiger partial charge in [0.2, 0.25) is 5.88 Å². The van der Waals surface area contributed by atoms with E-state index in [1.807, 2.05) is 7.05 Å². The number of carbonyl (C=O) groups is 1. The molecule has 0 bridgehead atoms. The van der Waals surface area contributed by atoms with Crippen molar-refractivity contribution in [3.63, 3.8) is 0 Å². The lowest BCUT2D eigenvalue weighted by molar-refractivity contribution is 0.184. The zero-order valence-electron chi connectivity index (χ0n) is 17.8. The first-order valence-corrected chi connectivity index (χ1v) is 12.3. The predicted octanol–water partition coefficient (Wildman–Crippen LogP) is 2.33. The van der Waals surface area contributed by atoms with Crippen LogP contribution in [0, 0.1) is 0 Å². The van der Waals surface area contributed by atoms with E-state index in [0.29, 0.717) is 24.9 Å². The van der Waals surface area contributed by atoms with Crippen LogP contribution in [0.4, 0.5) is 10.5 Å². The van der Waals surface area contributed by atoms with Crippen molar-refractivity contribution in [2.45, 2.75) is 62.4 Å². The first-order valence-electron chi connectivity index (χ1n) is 10.8. The van der Waals surface area contributed by atoms with Gasteiger partial charge in [0.05, 0.1) is 18.8 Å². The van der Waals surface area contributed by atoms with Crippen LogP contribution in [0.3, 0.4) is 0 Å². The van der Waals surface area contributed by atoms with E-state index in [4.69, 9.17) is 9.88 Å². The van der Waals surface area contributed by atoms with Crippen molar-refractivity contribution >= 4 is 21.6 Å². The topological polar surface area (TPSA) is 124 Å². The summed E-state index contributed by atoms with van der Waals surface area (Å²) in [5.74, 6) is 0.681. The van der Waals surface area contributed by atoms with Crippen molar-refractivity contribution in [1.82, 2.24) is 15.1 Å². The molecule has 166 valence electrons. The molecule has 0 spiro atoms. The number of likely N-dealkylation sites (N-methyl/N-ethyl adjacent to an activating group) is 1. The highest BCUT2D eigenvalue weighted by atomic mass is 32.2. The van der Waals surface area contributed by atoms with E-state index in [-0.39, 0.29) is 10.9 Å². The third kappa shape index (κ3) is 3.52. The Morgan fingerprint density at radius 1 is 1.35 bits per heavy atom. The largest absolute Gasteiger partial charge is 0.475 e. The van der Waals surface area contributed by atoms with Gasteiger partial charge in [0.25, 0.3) is 0 Å². The summed E-state index contributed by atoms with van der Waals surface area (Å²) < 4.78 is 24.4.